The second-order valence-electron chi connectivity index (χ2n) is 6.73. The van der Waals surface area contributed by atoms with Crippen LogP contribution in [-0.2, 0) is 0 Å². The predicted molar refractivity (Wildman–Crippen MR) is 86.2 cm³/mol. The van der Waals surface area contributed by atoms with E-state index in [1.807, 2.05) is 13.1 Å². The van der Waals surface area contributed by atoms with Crippen molar-refractivity contribution in [2.45, 2.75) is 45.1 Å². The number of halogens is 1. The molecule has 2 aliphatic rings. The first-order valence-electron chi connectivity index (χ1n) is 8.41. The third kappa shape index (κ3) is 2.94. The molecule has 0 aromatic heterocycles. The molecular formula is C18H27FN2. The summed E-state index contributed by atoms with van der Waals surface area (Å²) in [6.07, 6.45) is 6.68. The minimum Gasteiger partial charge on any atom is -0.369 e. The Balaban J connectivity index is 1.86. The van der Waals surface area contributed by atoms with Gasteiger partial charge in [0.25, 0.3) is 0 Å². The standard InChI is InChI=1S/C18H27FN2/c1-13(20-2)16-8-5-9-17(19)18(16)21-11-10-14-6-3-4-7-15(14)12-21/h5,8-9,13-15,20H,3-4,6-7,10-12H2,1-2H3. The fraction of sp³-hybridized carbons (Fsp3) is 0.667. The van der Waals surface area contributed by atoms with E-state index in [1.54, 1.807) is 6.07 Å². The van der Waals surface area contributed by atoms with Gasteiger partial charge < -0.3 is 10.2 Å². The van der Waals surface area contributed by atoms with Crippen molar-refractivity contribution < 1.29 is 4.39 Å². The maximum Gasteiger partial charge on any atom is 0.146 e. The van der Waals surface area contributed by atoms with Crippen LogP contribution >= 0.6 is 0 Å². The molecule has 1 heterocycles. The van der Waals surface area contributed by atoms with E-state index in [2.05, 4.69) is 23.2 Å². The van der Waals surface area contributed by atoms with E-state index in [-0.39, 0.29) is 11.9 Å². The lowest BCUT2D eigenvalue weighted by Gasteiger charge is -2.43. The number of hydrogen-bond donors (Lipinski definition) is 1. The monoisotopic (exact) mass is 290 g/mol. The third-order valence-electron chi connectivity index (χ3n) is 5.52. The number of piperidine rings is 1. The summed E-state index contributed by atoms with van der Waals surface area (Å²) < 4.78 is 14.5. The van der Waals surface area contributed by atoms with Gasteiger partial charge in [-0.05, 0) is 50.3 Å². The zero-order valence-electron chi connectivity index (χ0n) is 13.2. The summed E-state index contributed by atoms with van der Waals surface area (Å²) in [5.74, 6) is 1.58. The van der Waals surface area contributed by atoms with Crippen LogP contribution in [0.15, 0.2) is 18.2 Å². The predicted octanol–water partition coefficient (Wildman–Crippen LogP) is 4.12. The Hall–Kier alpha value is -1.09. The lowest BCUT2D eigenvalue weighted by molar-refractivity contribution is 0.202. The molecule has 0 radical (unpaired) electrons. The van der Waals surface area contributed by atoms with E-state index in [0.717, 1.165) is 36.2 Å². The average Bonchev–Trinajstić information content (AvgIpc) is 2.53. The zero-order chi connectivity index (χ0) is 14.8. The Labute approximate surface area is 127 Å². The molecule has 1 N–H and O–H groups in total. The van der Waals surface area contributed by atoms with E-state index < -0.39 is 0 Å². The maximum atomic E-state index is 14.5. The van der Waals surface area contributed by atoms with Crippen molar-refractivity contribution in [3.05, 3.63) is 29.6 Å². The molecule has 0 amide bonds. The minimum atomic E-state index is -0.0659. The number of hydrogen-bond acceptors (Lipinski definition) is 2. The SMILES string of the molecule is CNC(C)c1cccc(F)c1N1CCC2CCCCC2C1. The summed E-state index contributed by atoms with van der Waals surface area (Å²) in [7, 11) is 1.94. The van der Waals surface area contributed by atoms with Crippen molar-refractivity contribution in [1.82, 2.24) is 5.32 Å². The molecule has 3 unspecified atom stereocenters. The molecule has 1 aromatic rings. The van der Waals surface area contributed by atoms with Gasteiger partial charge in [0.15, 0.2) is 0 Å². The second kappa shape index (κ2) is 6.35. The summed E-state index contributed by atoms with van der Waals surface area (Å²) >= 11 is 0. The van der Waals surface area contributed by atoms with Crippen LogP contribution in [0.2, 0.25) is 0 Å². The summed E-state index contributed by atoms with van der Waals surface area (Å²) in [6.45, 7) is 4.15. The minimum absolute atomic E-state index is 0.0659. The fourth-order valence-corrected chi connectivity index (χ4v) is 4.17. The molecule has 1 saturated heterocycles. The van der Waals surface area contributed by atoms with E-state index >= 15 is 0 Å². The number of nitrogens with zero attached hydrogens (tertiary/aromatic N) is 1. The maximum absolute atomic E-state index is 14.5. The summed E-state index contributed by atoms with van der Waals surface area (Å²) in [5, 5.41) is 3.25. The summed E-state index contributed by atoms with van der Waals surface area (Å²) in [6, 6.07) is 5.68. The van der Waals surface area contributed by atoms with Gasteiger partial charge in [0.05, 0.1) is 5.69 Å². The number of para-hydroxylation sites is 1. The number of nitrogens with one attached hydrogen (secondary N) is 1. The van der Waals surface area contributed by atoms with Crippen molar-refractivity contribution >= 4 is 5.69 Å². The van der Waals surface area contributed by atoms with Crippen molar-refractivity contribution in [1.29, 1.82) is 0 Å². The van der Waals surface area contributed by atoms with E-state index in [0.29, 0.717) is 0 Å². The highest BCUT2D eigenvalue weighted by atomic mass is 19.1. The van der Waals surface area contributed by atoms with Crippen LogP contribution in [0.3, 0.4) is 0 Å². The molecule has 2 fully saturated rings. The summed E-state index contributed by atoms with van der Waals surface area (Å²) in [4.78, 5) is 2.31. The van der Waals surface area contributed by atoms with Crippen molar-refractivity contribution in [2.75, 3.05) is 25.0 Å². The lowest BCUT2D eigenvalue weighted by atomic mass is 9.75. The van der Waals surface area contributed by atoms with Gasteiger partial charge >= 0.3 is 0 Å². The lowest BCUT2D eigenvalue weighted by Crippen LogP contribution is -2.42. The van der Waals surface area contributed by atoms with E-state index in [1.165, 1.54) is 32.1 Å². The smallest absolute Gasteiger partial charge is 0.146 e. The zero-order valence-corrected chi connectivity index (χ0v) is 13.2. The first-order valence-corrected chi connectivity index (χ1v) is 8.41. The van der Waals surface area contributed by atoms with Gasteiger partial charge in [-0.1, -0.05) is 31.4 Å². The van der Waals surface area contributed by atoms with Crippen LogP contribution in [0, 0.1) is 17.7 Å². The molecule has 21 heavy (non-hydrogen) atoms. The Morgan fingerprint density at radius 1 is 1.19 bits per heavy atom. The van der Waals surface area contributed by atoms with Gasteiger partial charge in [-0.25, -0.2) is 4.39 Å². The van der Waals surface area contributed by atoms with E-state index in [4.69, 9.17) is 0 Å². The van der Waals surface area contributed by atoms with Crippen LogP contribution in [0.4, 0.5) is 10.1 Å². The average molecular weight is 290 g/mol. The van der Waals surface area contributed by atoms with Crippen LogP contribution in [-0.4, -0.2) is 20.1 Å². The molecule has 3 atom stereocenters. The Morgan fingerprint density at radius 3 is 2.71 bits per heavy atom. The molecule has 0 spiro atoms. The van der Waals surface area contributed by atoms with Gasteiger partial charge in [-0.15, -0.1) is 0 Å². The van der Waals surface area contributed by atoms with Crippen LogP contribution < -0.4 is 10.2 Å². The van der Waals surface area contributed by atoms with Crippen LogP contribution in [0.5, 0.6) is 0 Å². The molecule has 3 rings (SSSR count). The molecule has 1 aromatic carbocycles. The molecule has 0 bridgehead atoms. The number of fused-ring (bicyclic) bond motifs is 1. The number of benzene rings is 1. The Kier molecular flexibility index (Phi) is 4.48. The first-order chi connectivity index (χ1) is 10.2. The van der Waals surface area contributed by atoms with Crippen molar-refractivity contribution in [2.24, 2.45) is 11.8 Å². The number of rotatable bonds is 3. The van der Waals surface area contributed by atoms with Gasteiger partial charge in [0.2, 0.25) is 0 Å². The normalized spacial score (nSPS) is 27.3. The molecule has 1 aliphatic heterocycles. The molecule has 1 aliphatic carbocycles. The topological polar surface area (TPSA) is 15.3 Å². The highest BCUT2D eigenvalue weighted by molar-refractivity contribution is 5.56. The summed E-state index contributed by atoms with van der Waals surface area (Å²) in [5.41, 5.74) is 1.93. The van der Waals surface area contributed by atoms with Crippen LogP contribution in [0.25, 0.3) is 0 Å². The van der Waals surface area contributed by atoms with E-state index in [9.17, 15) is 4.39 Å². The quantitative estimate of drug-likeness (QED) is 0.900. The fourth-order valence-electron chi connectivity index (χ4n) is 4.17. The van der Waals surface area contributed by atoms with Gasteiger partial charge in [0, 0.05) is 19.1 Å². The number of anilines is 1. The van der Waals surface area contributed by atoms with Crippen molar-refractivity contribution in [3.63, 3.8) is 0 Å². The van der Waals surface area contributed by atoms with Gasteiger partial charge in [-0.2, -0.15) is 0 Å². The Bertz CT molecular complexity index is 488. The molecule has 116 valence electrons. The van der Waals surface area contributed by atoms with Crippen molar-refractivity contribution in [3.8, 4) is 0 Å². The largest absolute Gasteiger partial charge is 0.369 e. The van der Waals surface area contributed by atoms with Gasteiger partial charge in [0.1, 0.15) is 5.82 Å². The Morgan fingerprint density at radius 2 is 1.95 bits per heavy atom. The van der Waals surface area contributed by atoms with Gasteiger partial charge in [-0.3, -0.25) is 0 Å². The highest BCUT2D eigenvalue weighted by Crippen LogP contribution is 2.39. The first kappa shape index (κ1) is 14.8. The molecule has 3 heteroatoms. The second-order valence-corrected chi connectivity index (χ2v) is 6.73. The highest BCUT2D eigenvalue weighted by Gasteiger charge is 2.33. The molecule has 2 nitrogen and oxygen atoms in total. The third-order valence-corrected chi connectivity index (χ3v) is 5.52. The molecular weight excluding hydrogens is 263 g/mol. The molecule has 1 saturated carbocycles. The van der Waals surface area contributed by atoms with Crippen LogP contribution in [0.1, 0.15) is 50.6 Å².